The van der Waals surface area contributed by atoms with Crippen LogP contribution in [-0.2, 0) is 11.4 Å². The molecule has 1 N–H and O–H groups in total. The molecular weight excluding hydrogens is 466 g/mol. The van der Waals surface area contributed by atoms with Gasteiger partial charge in [0.2, 0.25) is 0 Å². The van der Waals surface area contributed by atoms with Crippen LogP contribution in [0, 0.1) is 0 Å². The standard InChI is InChI=1S/C29H33N5O3/c1-21(33-37-19-22-9-6-5-7-10-22)23-11-13-24(14-12-23)32-29-25-17-28(36-16-8-15-34(2)3)27(35-4)18-26(25)30-20-31-29/h5-7,9-14,17-18,20H,8,15-16,19H2,1-4H3,(H,30,31,32)/b33-21+. The van der Waals surface area contributed by atoms with Crippen LogP contribution in [0.3, 0.4) is 0 Å². The first kappa shape index (κ1) is 25.9. The van der Waals surface area contributed by atoms with E-state index in [2.05, 4.69) is 25.3 Å². The monoisotopic (exact) mass is 499 g/mol. The Hall–Kier alpha value is -4.17. The highest BCUT2D eigenvalue weighted by Crippen LogP contribution is 2.34. The summed E-state index contributed by atoms with van der Waals surface area (Å²) in [5, 5.41) is 8.51. The van der Waals surface area contributed by atoms with Gasteiger partial charge in [-0.1, -0.05) is 47.6 Å². The summed E-state index contributed by atoms with van der Waals surface area (Å²) in [4.78, 5) is 16.5. The smallest absolute Gasteiger partial charge is 0.162 e. The molecule has 0 fully saturated rings. The number of aromatic nitrogens is 2. The van der Waals surface area contributed by atoms with Crippen LogP contribution in [0.4, 0.5) is 11.5 Å². The van der Waals surface area contributed by atoms with Gasteiger partial charge in [-0.2, -0.15) is 0 Å². The van der Waals surface area contributed by atoms with Gasteiger partial charge in [0.1, 0.15) is 18.8 Å². The van der Waals surface area contributed by atoms with E-state index in [4.69, 9.17) is 14.3 Å². The molecule has 37 heavy (non-hydrogen) atoms. The summed E-state index contributed by atoms with van der Waals surface area (Å²) >= 11 is 0. The molecule has 0 aliphatic carbocycles. The topological polar surface area (TPSA) is 81.1 Å². The molecule has 4 rings (SSSR count). The first-order valence-electron chi connectivity index (χ1n) is 12.2. The molecule has 0 saturated heterocycles. The minimum absolute atomic E-state index is 0.435. The molecule has 4 aromatic rings. The molecule has 8 nitrogen and oxygen atoms in total. The van der Waals surface area contributed by atoms with Gasteiger partial charge in [-0.25, -0.2) is 9.97 Å². The molecule has 0 atom stereocenters. The Kier molecular flexibility index (Phi) is 8.89. The number of ether oxygens (including phenoxy) is 2. The molecule has 8 heteroatoms. The highest BCUT2D eigenvalue weighted by molar-refractivity contribution is 5.99. The quantitative estimate of drug-likeness (QED) is 0.153. The lowest BCUT2D eigenvalue weighted by molar-refractivity contribution is 0.130. The minimum atomic E-state index is 0.435. The molecule has 3 aromatic carbocycles. The van der Waals surface area contributed by atoms with E-state index in [1.807, 2.05) is 87.7 Å². The fourth-order valence-electron chi connectivity index (χ4n) is 3.76. The van der Waals surface area contributed by atoms with E-state index < -0.39 is 0 Å². The van der Waals surface area contributed by atoms with E-state index in [0.29, 0.717) is 30.5 Å². The van der Waals surface area contributed by atoms with Gasteiger partial charge in [-0.05, 0) is 56.8 Å². The molecule has 0 aliphatic rings. The van der Waals surface area contributed by atoms with Crippen molar-refractivity contribution >= 4 is 28.1 Å². The molecule has 0 amide bonds. The second-order valence-corrected chi connectivity index (χ2v) is 8.89. The van der Waals surface area contributed by atoms with Crippen molar-refractivity contribution in [2.75, 3.05) is 39.7 Å². The zero-order chi connectivity index (χ0) is 26.0. The molecule has 0 aliphatic heterocycles. The number of nitrogens with zero attached hydrogens (tertiary/aromatic N) is 4. The summed E-state index contributed by atoms with van der Waals surface area (Å²) in [7, 11) is 5.73. The number of anilines is 2. The molecule has 1 aromatic heterocycles. The maximum Gasteiger partial charge on any atom is 0.162 e. The van der Waals surface area contributed by atoms with Crippen molar-refractivity contribution in [1.29, 1.82) is 0 Å². The average molecular weight is 500 g/mol. The fraction of sp³-hybridized carbons (Fsp3) is 0.276. The average Bonchev–Trinajstić information content (AvgIpc) is 2.91. The van der Waals surface area contributed by atoms with Crippen LogP contribution in [0.5, 0.6) is 11.5 Å². The van der Waals surface area contributed by atoms with E-state index in [1.54, 1.807) is 7.11 Å². The first-order chi connectivity index (χ1) is 18.0. The summed E-state index contributed by atoms with van der Waals surface area (Å²) < 4.78 is 11.6. The molecular formula is C29H33N5O3. The lowest BCUT2D eigenvalue weighted by atomic mass is 10.1. The lowest BCUT2D eigenvalue weighted by Crippen LogP contribution is -2.15. The summed E-state index contributed by atoms with van der Waals surface area (Å²) in [6.45, 7) is 3.91. The van der Waals surface area contributed by atoms with Gasteiger partial charge in [0.25, 0.3) is 0 Å². The van der Waals surface area contributed by atoms with Crippen LogP contribution in [0.2, 0.25) is 0 Å². The van der Waals surface area contributed by atoms with Crippen LogP contribution in [0.1, 0.15) is 24.5 Å². The van der Waals surface area contributed by atoms with E-state index in [1.165, 1.54) is 6.33 Å². The lowest BCUT2D eigenvalue weighted by Gasteiger charge is -2.15. The van der Waals surface area contributed by atoms with E-state index in [-0.39, 0.29) is 0 Å². The number of benzene rings is 3. The van der Waals surface area contributed by atoms with Crippen molar-refractivity contribution in [2.24, 2.45) is 5.16 Å². The van der Waals surface area contributed by atoms with Crippen molar-refractivity contribution in [2.45, 2.75) is 20.0 Å². The van der Waals surface area contributed by atoms with Gasteiger partial charge < -0.3 is 24.5 Å². The number of methoxy groups -OCH3 is 1. The Morgan fingerprint density at radius 2 is 1.76 bits per heavy atom. The number of hydrogen-bond acceptors (Lipinski definition) is 8. The second-order valence-electron chi connectivity index (χ2n) is 8.89. The molecule has 0 saturated carbocycles. The van der Waals surface area contributed by atoms with Crippen LogP contribution >= 0.6 is 0 Å². The van der Waals surface area contributed by atoms with Crippen LogP contribution < -0.4 is 14.8 Å². The summed E-state index contributed by atoms with van der Waals surface area (Å²) in [6, 6.07) is 21.8. The van der Waals surface area contributed by atoms with Crippen molar-refractivity contribution in [3.63, 3.8) is 0 Å². The molecule has 0 spiro atoms. The molecule has 0 radical (unpaired) electrons. The van der Waals surface area contributed by atoms with Crippen molar-refractivity contribution in [3.8, 4) is 11.5 Å². The molecule has 192 valence electrons. The summed E-state index contributed by atoms with van der Waals surface area (Å²) in [5.74, 6) is 2.01. The van der Waals surface area contributed by atoms with E-state index in [0.717, 1.165) is 46.4 Å². The van der Waals surface area contributed by atoms with Gasteiger partial charge >= 0.3 is 0 Å². The van der Waals surface area contributed by atoms with Crippen molar-refractivity contribution < 1.29 is 14.3 Å². The first-order valence-corrected chi connectivity index (χ1v) is 12.2. The third-order valence-corrected chi connectivity index (χ3v) is 5.77. The Labute approximate surface area is 217 Å². The summed E-state index contributed by atoms with van der Waals surface area (Å²) in [6.07, 6.45) is 2.45. The van der Waals surface area contributed by atoms with Crippen molar-refractivity contribution in [1.82, 2.24) is 14.9 Å². The summed E-state index contributed by atoms with van der Waals surface area (Å²) in [5.41, 5.74) is 4.52. The highest BCUT2D eigenvalue weighted by atomic mass is 16.6. The number of rotatable bonds is 12. The van der Waals surface area contributed by atoms with Crippen molar-refractivity contribution in [3.05, 3.63) is 84.2 Å². The van der Waals surface area contributed by atoms with Gasteiger partial charge in [0.05, 0.1) is 24.9 Å². The normalized spacial score (nSPS) is 11.5. The largest absolute Gasteiger partial charge is 0.493 e. The molecule has 0 unspecified atom stereocenters. The predicted octanol–water partition coefficient (Wildman–Crippen LogP) is 5.65. The van der Waals surface area contributed by atoms with Gasteiger partial charge in [0.15, 0.2) is 11.5 Å². The zero-order valence-electron chi connectivity index (χ0n) is 21.8. The predicted molar refractivity (Wildman–Crippen MR) is 148 cm³/mol. The Balaban J connectivity index is 1.46. The van der Waals surface area contributed by atoms with Gasteiger partial charge in [0, 0.05) is 23.7 Å². The minimum Gasteiger partial charge on any atom is -0.493 e. The van der Waals surface area contributed by atoms with Crippen LogP contribution in [-0.4, -0.2) is 54.9 Å². The van der Waals surface area contributed by atoms with Crippen LogP contribution in [0.25, 0.3) is 10.9 Å². The second kappa shape index (κ2) is 12.7. The fourth-order valence-corrected chi connectivity index (χ4v) is 3.76. The third-order valence-electron chi connectivity index (χ3n) is 5.77. The number of oxime groups is 1. The molecule has 0 bridgehead atoms. The third kappa shape index (κ3) is 7.17. The Bertz CT molecular complexity index is 1320. The number of hydrogen-bond donors (Lipinski definition) is 1. The Morgan fingerprint density at radius 3 is 2.49 bits per heavy atom. The number of nitrogens with one attached hydrogen (secondary N) is 1. The SMILES string of the molecule is COc1cc2ncnc(Nc3ccc(/C(C)=N/OCc4ccccc4)cc3)c2cc1OCCCN(C)C. The molecule has 1 heterocycles. The van der Waals surface area contributed by atoms with Gasteiger partial charge in [-0.3, -0.25) is 0 Å². The zero-order valence-corrected chi connectivity index (χ0v) is 21.8. The van der Waals surface area contributed by atoms with E-state index >= 15 is 0 Å². The van der Waals surface area contributed by atoms with Gasteiger partial charge in [-0.15, -0.1) is 0 Å². The number of fused-ring (bicyclic) bond motifs is 1. The maximum atomic E-state index is 6.03. The Morgan fingerprint density at radius 1 is 0.973 bits per heavy atom. The maximum absolute atomic E-state index is 6.03. The van der Waals surface area contributed by atoms with E-state index in [9.17, 15) is 0 Å². The van der Waals surface area contributed by atoms with Crippen LogP contribution in [0.15, 0.2) is 78.2 Å². The highest BCUT2D eigenvalue weighted by Gasteiger charge is 2.12.